The number of methoxy groups -OCH3 is 1. The van der Waals surface area contributed by atoms with Gasteiger partial charge < -0.3 is 9.47 Å². The van der Waals surface area contributed by atoms with Gasteiger partial charge in [-0.05, 0) is 41.6 Å². The quantitative estimate of drug-likeness (QED) is 0.543. The first-order valence-corrected chi connectivity index (χ1v) is 9.08. The van der Waals surface area contributed by atoms with E-state index in [1.54, 1.807) is 42.5 Å². The monoisotopic (exact) mass is 397 g/mol. The molecule has 1 heterocycles. The summed E-state index contributed by atoms with van der Waals surface area (Å²) in [7, 11) is 1.49. The number of nitrogens with zero attached hydrogens (tertiary/aromatic N) is 1. The van der Waals surface area contributed by atoms with Crippen LogP contribution < -0.4 is 9.47 Å². The van der Waals surface area contributed by atoms with Gasteiger partial charge in [-0.2, -0.15) is 0 Å². The predicted molar refractivity (Wildman–Crippen MR) is 105 cm³/mol. The number of ether oxygens (including phenoxy) is 2. The molecule has 1 aliphatic rings. The Kier molecular flexibility index (Phi) is 6.02. The van der Waals surface area contributed by atoms with Crippen LogP contribution >= 0.6 is 11.8 Å². The van der Waals surface area contributed by atoms with Gasteiger partial charge in [-0.3, -0.25) is 14.5 Å². The Labute approximate surface area is 166 Å². The van der Waals surface area contributed by atoms with Crippen molar-refractivity contribution in [3.8, 4) is 23.8 Å². The Hall–Kier alpha value is -3.24. The lowest BCUT2D eigenvalue weighted by atomic mass is 10.1. The summed E-state index contributed by atoms with van der Waals surface area (Å²) < 4.78 is 24.5. The molecule has 0 bridgehead atoms. The summed E-state index contributed by atoms with van der Waals surface area (Å²) in [5.41, 5.74) is 0.934. The summed E-state index contributed by atoms with van der Waals surface area (Å²) in [6.45, 7) is -0.0124. The fraction of sp³-hybridized carbons (Fsp3) is 0.143. The first-order valence-electron chi connectivity index (χ1n) is 8.26. The van der Waals surface area contributed by atoms with Gasteiger partial charge in [0.1, 0.15) is 12.4 Å². The molecule has 1 fully saturated rings. The van der Waals surface area contributed by atoms with Crippen LogP contribution in [0.3, 0.4) is 0 Å². The molecule has 5 nitrogen and oxygen atoms in total. The van der Waals surface area contributed by atoms with Crippen LogP contribution in [0.25, 0.3) is 6.08 Å². The van der Waals surface area contributed by atoms with Gasteiger partial charge in [-0.25, -0.2) is 4.39 Å². The number of benzene rings is 2. The summed E-state index contributed by atoms with van der Waals surface area (Å²) >= 11 is 0.811. The topological polar surface area (TPSA) is 55.8 Å². The maximum atomic E-state index is 13.8. The second kappa shape index (κ2) is 8.63. The van der Waals surface area contributed by atoms with Crippen molar-refractivity contribution in [2.24, 2.45) is 0 Å². The number of imide groups is 1. The highest BCUT2D eigenvalue weighted by atomic mass is 32.2. The van der Waals surface area contributed by atoms with Gasteiger partial charge in [-0.1, -0.05) is 30.2 Å². The van der Waals surface area contributed by atoms with Gasteiger partial charge in [0, 0.05) is 5.56 Å². The molecule has 1 aliphatic heterocycles. The lowest BCUT2D eigenvalue weighted by Crippen LogP contribution is -2.27. The highest BCUT2D eigenvalue weighted by molar-refractivity contribution is 8.18. The van der Waals surface area contributed by atoms with Crippen LogP contribution in [0.2, 0.25) is 0 Å². The molecule has 0 spiro atoms. The number of thioether (sulfide) groups is 1. The maximum Gasteiger partial charge on any atom is 0.293 e. The number of terminal acetylenes is 1. The van der Waals surface area contributed by atoms with Gasteiger partial charge >= 0.3 is 0 Å². The fourth-order valence-electron chi connectivity index (χ4n) is 2.60. The van der Waals surface area contributed by atoms with E-state index in [0.717, 1.165) is 16.7 Å². The minimum absolute atomic E-state index is 0.102. The molecule has 28 heavy (non-hydrogen) atoms. The Morgan fingerprint density at radius 3 is 2.71 bits per heavy atom. The van der Waals surface area contributed by atoms with Crippen molar-refractivity contribution in [1.82, 2.24) is 4.90 Å². The Balaban J connectivity index is 1.81. The molecule has 0 N–H and O–H groups in total. The number of rotatable bonds is 6. The van der Waals surface area contributed by atoms with Crippen LogP contribution in [0.15, 0.2) is 47.4 Å². The van der Waals surface area contributed by atoms with Crippen molar-refractivity contribution >= 4 is 29.0 Å². The largest absolute Gasteiger partial charge is 0.493 e. The molecule has 0 radical (unpaired) electrons. The molecule has 142 valence electrons. The maximum absolute atomic E-state index is 13.8. The molecule has 0 saturated carbocycles. The molecule has 2 aromatic rings. The molecule has 0 aliphatic carbocycles. The van der Waals surface area contributed by atoms with Crippen molar-refractivity contribution in [2.45, 2.75) is 6.54 Å². The third-order valence-corrected chi connectivity index (χ3v) is 4.86. The van der Waals surface area contributed by atoms with Crippen molar-refractivity contribution < 1.29 is 23.5 Å². The zero-order valence-corrected chi connectivity index (χ0v) is 15.8. The van der Waals surface area contributed by atoms with Crippen LogP contribution in [0.5, 0.6) is 11.5 Å². The van der Waals surface area contributed by atoms with E-state index >= 15 is 0 Å². The van der Waals surface area contributed by atoms with Crippen LogP contribution in [0.1, 0.15) is 11.1 Å². The average Bonchev–Trinajstić information content (AvgIpc) is 2.95. The van der Waals surface area contributed by atoms with E-state index in [2.05, 4.69) is 5.92 Å². The zero-order valence-electron chi connectivity index (χ0n) is 15.0. The van der Waals surface area contributed by atoms with Crippen LogP contribution in [-0.2, 0) is 11.3 Å². The Morgan fingerprint density at radius 2 is 2.00 bits per heavy atom. The standard InChI is InChI=1S/C21H16FNO4S/c1-3-10-27-17-9-8-14(11-18(17)26-2)12-19-20(24)23(21(25)28-19)13-15-6-4-5-7-16(15)22/h1,4-9,11-12H,10,13H2,2H3/b19-12-. The van der Waals surface area contributed by atoms with E-state index in [9.17, 15) is 14.0 Å². The van der Waals surface area contributed by atoms with Crippen molar-refractivity contribution in [3.63, 3.8) is 0 Å². The van der Waals surface area contributed by atoms with Crippen molar-refractivity contribution in [3.05, 3.63) is 64.3 Å². The van der Waals surface area contributed by atoms with Gasteiger partial charge in [0.05, 0.1) is 18.6 Å². The Bertz CT molecular complexity index is 996. The Morgan fingerprint density at radius 1 is 1.21 bits per heavy atom. The average molecular weight is 397 g/mol. The fourth-order valence-corrected chi connectivity index (χ4v) is 3.44. The minimum Gasteiger partial charge on any atom is -0.493 e. The van der Waals surface area contributed by atoms with Gasteiger partial charge in [0.25, 0.3) is 11.1 Å². The summed E-state index contributed by atoms with van der Waals surface area (Å²) in [4.78, 5) is 26.1. The highest BCUT2D eigenvalue weighted by Crippen LogP contribution is 2.35. The van der Waals surface area contributed by atoms with E-state index in [-0.39, 0.29) is 23.6 Å². The van der Waals surface area contributed by atoms with Crippen molar-refractivity contribution in [1.29, 1.82) is 0 Å². The van der Waals surface area contributed by atoms with Gasteiger partial charge in [0.2, 0.25) is 0 Å². The smallest absolute Gasteiger partial charge is 0.293 e. The number of halogens is 1. The molecule has 3 rings (SSSR count). The third kappa shape index (κ3) is 4.18. The van der Waals surface area contributed by atoms with Crippen LogP contribution in [-0.4, -0.2) is 29.8 Å². The predicted octanol–water partition coefficient (Wildman–Crippen LogP) is 4.08. The number of hydrogen-bond donors (Lipinski definition) is 0. The van der Waals surface area contributed by atoms with Gasteiger partial charge in [0.15, 0.2) is 11.5 Å². The van der Waals surface area contributed by atoms with Crippen LogP contribution in [0, 0.1) is 18.2 Å². The SMILES string of the molecule is C#CCOc1ccc(/C=C2\SC(=O)N(Cc3ccccc3F)C2=O)cc1OC. The van der Waals surface area contributed by atoms with E-state index in [1.807, 2.05) is 0 Å². The minimum atomic E-state index is -0.468. The molecular weight excluding hydrogens is 381 g/mol. The number of carbonyl (C=O) groups is 2. The number of amides is 2. The third-order valence-electron chi connectivity index (χ3n) is 3.96. The van der Waals surface area contributed by atoms with Crippen LogP contribution in [0.4, 0.5) is 9.18 Å². The second-order valence-electron chi connectivity index (χ2n) is 5.76. The molecule has 0 unspecified atom stereocenters. The highest BCUT2D eigenvalue weighted by Gasteiger charge is 2.35. The normalized spacial score (nSPS) is 15.0. The van der Waals surface area contributed by atoms with E-state index in [0.29, 0.717) is 17.1 Å². The number of carbonyl (C=O) groups excluding carboxylic acids is 2. The molecular formula is C21H16FNO4S. The van der Waals surface area contributed by atoms with Gasteiger partial charge in [-0.15, -0.1) is 6.42 Å². The van der Waals surface area contributed by atoms with Crippen molar-refractivity contribution in [2.75, 3.05) is 13.7 Å². The lowest BCUT2D eigenvalue weighted by Gasteiger charge is -2.13. The first kappa shape index (κ1) is 19.5. The molecule has 7 heteroatoms. The van der Waals surface area contributed by atoms with E-state index < -0.39 is 17.0 Å². The van der Waals surface area contributed by atoms with E-state index in [1.165, 1.54) is 13.2 Å². The summed E-state index contributed by atoms with van der Waals surface area (Å²) in [5.74, 6) is 2.38. The first-order chi connectivity index (χ1) is 13.5. The molecule has 0 aromatic heterocycles. The summed E-state index contributed by atoms with van der Waals surface area (Å²) in [6.07, 6.45) is 6.77. The summed E-state index contributed by atoms with van der Waals surface area (Å²) in [6, 6.07) is 11.1. The molecule has 0 atom stereocenters. The summed E-state index contributed by atoms with van der Waals surface area (Å²) in [5, 5.41) is -0.444. The molecule has 1 saturated heterocycles. The number of hydrogen-bond acceptors (Lipinski definition) is 5. The molecule has 2 aromatic carbocycles. The second-order valence-corrected chi connectivity index (χ2v) is 6.76. The zero-order chi connectivity index (χ0) is 20.1. The molecule has 2 amide bonds. The van der Waals surface area contributed by atoms with E-state index in [4.69, 9.17) is 15.9 Å². The lowest BCUT2D eigenvalue weighted by molar-refractivity contribution is -0.123.